The molecule has 3 aromatic rings. The first-order chi connectivity index (χ1) is 13.6. The fourth-order valence-corrected chi connectivity index (χ4v) is 4.47. The minimum Gasteiger partial charge on any atom is -0.397 e. The van der Waals surface area contributed by atoms with Crippen LogP contribution < -0.4 is 16.8 Å². The van der Waals surface area contributed by atoms with E-state index in [1.54, 1.807) is 0 Å². The third-order valence-electron chi connectivity index (χ3n) is 4.80. The molecule has 142 valence electrons. The number of nitriles is 1. The van der Waals surface area contributed by atoms with Crippen molar-refractivity contribution >= 4 is 39.0 Å². The Kier molecular flexibility index (Phi) is 4.86. The van der Waals surface area contributed by atoms with Gasteiger partial charge >= 0.3 is 0 Å². The number of anilines is 2. The SMILES string of the molecule is N#Cc1c(N)nc2sc(C(=O)NCC3CCCO3)c(N)c2c1-c1ccccc1. The van der Waals surface area contributed by atoms with Gasteiger partial charge in [-0.2, -0.15) is 5.26 Å². The van der Waals surface area contributed by atoms with Crippen molar-refractivity contribution in [2.75, 3.05) is 24.6 Å². The highest BCUT2D eigenvalue weighted by Gasteiger charge is 2.25. The second-order valence-corrected chi connectivity index (χ2v) is 7.59. The Balaban J connectivity index is 1.80. The zero-order valence-electron chi connectivity index (χ0n) is 15.1. The highest BCUT2D eigenvalue weighted by molar-refractivity contribution is 7.21. The molecular formula is C20H19N5O2S. The molecule has 7 nitrogen and oxygen atoms in total. The maximum absolute atomic E-state index is 12.7. The number of nitrogens with one attached hydrogen (secondary N) is 1. The predicted molar refractivity (Wildman–Crippen MR) is 110 cm³/mol. The van der Waals surface area contributed by atoms with E-state index in [0.29, 0.717) is 32.9 Å². The van der Waals surface area contributed by atoms with E-state index in [0.717, 1.165) is 25.0 Å². The lowest BCUT2D eigenvalue weighted by Crippen LogP contribution is -2.31. The molecule has 3 heterocycles. The largest absolute Gasteiger partial charge is 0.397 e. The van der Waals surface area contributed by atoms with Crippen molar-refractivity contribution in [3.8, 4) is 17.2 Å². The third kappa shape index (κ3) is 3.15. The lowest BCUT2D eigenvalue weighted by atomic mass is 9.97. The quantitative estimate of drug-likeness (QED) is 0.625. The highest BCUT2D eigenvalue weighted by atomic mass is 32.1. The minimum absolute atomic E-state index is 0.0402. The summed E-state index contributed by atoms with van der Waals surface area (Å²) in [5.74, 6) is -0.145. The first kappa shape index (κ1) is 18.2. The Labute approximate surface area is 165 Å². The van der Waals surface area contributed by atoms with Crippen LogP contribution in [0.1, 0.15) is 28.1 Å². The minimum atomic E-state index is -0.271. The van der Waals surface area contributed by atoms with E-state index in [4.69, 9.17) is 16.2 Å². The molecule has 1 atom stereocenters. The molecule has 1 fully saturated rings. The molecule has 2 aromatic heterocycles. The van der Waals surface area contributed by atoms with Crippen LogP contribution in [0.15, 0.2) is 30.3 Å². The number of benzene rings is 1. The number of nitrogens with two attached hydrogens (primary N) is 2. The van der Waals surface area contributed by atoms with Crippen LogP contribution in [-0.4, -0.2) is 30.1 Å². The first-order valence-corrected chi connectivity index (χ1v) is 9.78. The van der Waals surface area contributed by atoms with Gasteiger partial charge in [0, 0.05) is 24.1 Å². The lowest BCUT2D eigenvalue weighted by molar-refractivity contribution is 0.0862. The van der Waals surface area contributed by atoms with Gasteiger partial charge in [0.1, 0.15) is 27.2 Å². The second-order valence-electron chi connectivity index (χ2n) is 6.59. The molecule has 1 unspecified atom stereocenters. The van der Waals surface area contributed by atoms with Crippen LogP contribution >= 0.6 is 11.3 Å². The van der Waals surface area contributed by atoms with E-state index >= 15 is 0 Å². The van der Waals surface area contributed by atoms with E-state index in [1.165, 1.54) is 11.3 Å². The number of carbonyl (C=O) groups is 1. The highest BCUT2D eigenvalue weighted by Crippen LogP contribution is 2.42. The smallest absolute Gasteiger partial charge is 0.263 e. The summed E-state index contributed by atoms with van der Waals surface area (Å²) in [4.78, 5) is 17.9. The molecule has 1 saturated heterocycles. The maximum Gasteiger partial charge on any atom is 0.263 e. The second kappa shape index (κ2) is 7.46. The molecule has 0 saturated carbocycles. The summed E-state index contributed by atoms with van der Waals surface area (Å²) in [6.45, 7) is 1.17. The number of nitrogens with zero attached hydrogens (tertiary/aromatic N) is 2. The number of fused-ring (bicyclic) bond motifs is 1. The van der Waals surface area contributed by atoms with Gasteiger partial charge in [0.25, 0.3) is 5.91 Å². The van der Waals surface area contributed by atoms with E-state index in [2.05, 4.69) is 16.4 Å². The summed E-state index contributed by atoms with van der Waals surface area (Å²) in [5.41, 5.74) is 14.4. The molecule has 1 aromatic carbocycles. The molecule has 1 amide bonds. The van der Waals surface area contributed by atoms with E-state index < -0.39 is 0 Å². The topological polar surface area (TPSA) is 127 Å². The Bertz CT molecular complexity index is 1080. The molecule has 0 radical (unpaired) electrons. The van der Waals surface area contributed by atoms with Crippen molar-refractivity contribution in [2.24, 2.45) is 0 Å². The van der Waals surface area contributed by atoms with Gasteiger partial charge in [0.15, 0.2) is 0 Å². The van der Waals surface area contributed by atoms with Crippen LogP contribution in [0.25, 0.3) is 21.3 Å². The monoisotopic (exact) mass is 393 g/mol. The first-order valence-electron chi connectivity index (χ1n) is 8.97. The maximum atomic E-state index is 12.7. The summed E-state index contributed by atoms with van der Waals surface area (Å²) < 4.78 is 5.54. The Morgan fingerprint density at radius 1 is 1.36 bits per heavy atom. The number of pyridine rings is 1. The van der Waals surface area contributed by atoms with E-state index in [9.17, 15) is 10.1 Å². The molecule has 1 aliphatic rings. The van der Waals surface area contributed by atoms with Crippen molar-refractivity contribution < 1.29 is 9.53 Å². The number of hydrogen-bond donors (Lipinski definition) is 3. The van der Waals surface area contributed by atoms with E-state index in [-0.39, 0.29) is 23.4 Å². The van der Waals surface area contributed by atoms with Crippen LogP contribution in [0.5, 0.6) is 0 Å². The summed E-state index contributed by atoms with van der Waals surface area (Å²) in [6, 6.07) is 11.5. The summed E-state index contributed by atoms with van der Waals surface area (Å²) in [7, 11) is 0. The zero-order valence-corrected chi connectivity index (χ0v) is 15.9. The molecule has 1 aliphatic heterocycles. The predicted octanol–water partition coefficient (Wildman–Crippen LogP) is 2.91. The average molecular weight is 393 g/mol. The molecular weight excluding hydrogens is 374 g/mol. The van der Waals surface area contributed by atoms with Gasteiger partial charge in [0.05, 0.1) is 11.8 Å². The fraction of sp³-hybridized carbons (Fsp3) is 0.250. The number of ether oxygens (including phenoxy) is 1. The molecule has 0 bridgehead atoms. The van der Waals surface area contributed by atoms with Gasteiger partial charge in [-0.05, 0) is 18.4 Å². The van der Waals surface area contributed by atoms with Crippen LogP contribution in [0.2, 0.25) is 0 Å². The van der Waals surface area contributed by atoms with Gasteiger partial charge in [-0.3, -0.25) is 4.79 Å². The van der Waals surface area contributed by atoms with Gasteiger partial charge in [-0.25, -0.2) is 4.98 Å². The summed E-state index contributed by atoms with van der Waals surface area (Å²) >= 11 is 1.18. The van der Waals surface area contributed by atoms with Crippen LogP contribution in [0.4, 0.5) is 11.5 Å². The van der Waals surface area contributed by atoms with Gasteiger partial charge in [0.2, 0.25) is 0 Å². The van der Waals surface area contributed by atoms with Gasteiger partial charge in [-0.1, -0.05) is 30.3 Å². The number of hydrogen-bond acceptors (Lipinski definition) is 7. The van der Waals surface area contributed by atoms with Crippen LogP contribution in [-0.2, 0) is 4.74 Å². The van der Waals surface area contributed by atoms with Crippen molar-refractivity contribution in [2.45, 2.75) is 18.9 Å². The Morgan fingerprint density at radius 3 is 2.82 bits per heavy atom. The normalized spacial score (nSPS) is 16.2. The number of nitrogen functional groups attached to an aromatic ring is 2. The lowest BCUT2D eigenvalue weighted by Gasteiger charge is -2.11. The molecule has 5 N–H and O–H groups in total. The van der Waals surface area contributed by atoms with Crippen molar-refractivity contribution in [3.05, 3.63) is 40.8 Å². The molecule has 28 heavy (non-hydrogen) atoms. The Morgan fingerprint density at radius 2 is 2.14 bits per heavy atom. The van der Waals surface area contributed by atoms with Crippen LogP contribution in [0, 0.1) is 11.3 Å². The summed E-state index contributed by atoms with van der Waals surface area (Å²) in [6.07, 6.45) is 1.98. The van der Waals surface area contributed by atoms with Crippen molar-refractivity contribution in [1.29, 1.82) is 5.26 Å². The molecule has 0 aliphatic carbocycles. The third-order valence-corrected chi connectivity index (χ3v) is 5.90. The van der Waals surface area contributed by atoms with Gasteiger partial charge < -0.3 is 21.5 Å². The molecule has 0 spiro atoms. The number of carbonyl (C=O) groups excluding carboxylic acids is 1. The van der Waals surface area contributed by atoms with Gasteiger partial charge in [-0.15, -0.1) is 11.3 Å². The number of amides is 1. The standard InChI is InChI=1S/C20H19N5O2S/c21-9-13-14(11-5-2-1-3-6-11)15-16(22)17(28-20(15)25-18(13)23)19(26)24-10-12-7-4-8-27-12/h1-3,5-6,12H,4,7-8,10,22H2,(H2,23,25)(H,24,26). The van der Waals surface area contributed by atoms with Crippen LogP contribution in [0.3, 0.4) is 0 Å². The Hall–Kier alpha value is -3.15. The number of thiophene rings is 1. The summed E-state index contributed by atoms with van der Waals surface area (Å²) in [5, 5.41) is 13.1. The molecule has 8 heteroatoms. The number of aromatic nitrogens is 1. The average Bonchev–Trinajstić information content (AvgIpc) is 3.34. The van der Waals surface area contributed by atoms with E-state index in [1.807, 2.05) is 30.3 Å². The fourth-order valence-electron chi connectivity index (χ4n) is 3.44. The van der Waals surface area contributed by atoms with Crippen molar-refractivity contribution in [3.63, 3.8) is 0 Å². The number of rotatable bonds is 4. The molecule has 4 rings (SSSR count). The van der Waals surface area contributed by atoms with Crippen molar-refractivity contribution in [1.82, 2.24) is 10.3 Å². The zero-order chi connectivity index (χ0) is 19.7.